The highest BCUT2D eigenvalue weighted by Gasteiger charge is 2.12. The summed E-state index contributed by atoms with van der Waals surface area (Å²) < 4.78 is 14.9. The SMILES string of the molecule is COC(=O)c1ccc(CNC(=O)CCc2nc(-c3ccco3)no2)cc1. The number of rotatable bonds is 7. The van der Waals surface area contributed by atoms with Crippen molar-refractivity contribution in [3.8, 4) is 11.6 Å². The molecule has 0 saturated carbocycles. The molecule has 0 aliphatic carbocycles. The van der Waals surface area contributed by atoms with Crippen LogP contribution in [0.15, 0.2) is 51.6 Å². The second-order valence-corrected chi connectivity index (χ2v) is 5.45. The molecule has 1 N–H and O–H groups in total. The predicted octanol–water partition coefficient (Wildman–Crippen LogP) is 2.37. The molecule has 0 bridgehead atoms. The maximum absolute atomic E-state index is 12.0. The molecule has 26 heavy (non-hydrogen) atoms. The third-order valence-electron chi connectivity index (χ3n) is 3.64. The number of ether oxygens (including phenoxy) is 1. The number of benzene rings is 1. The average molecular weight is 355 g/mol. The van der Waals surface area contributed by atoms with E-state index in [1.807, 2.05) is 0 Å². The van der Waals surface area contributed by atoms with Gasteiger partial charge in [0.1, 0.15) is 0 Å². The zero-order valence-electron chi connectivity index (χ0n) is 14.1. The van der Waals surface area contributed by atoms with Crippen LogP contribution >= 0.6 is 0 Å². The van der Waals surface area contributed by atoms with Crippen molar-refractivity contribution in [2.24, 2.45) is 0 Å². The molecule has 8 heteroatoms. The maximum atomic E-state index is 12.0. The number of nitrogens with one attached hydrogen (secondary N) is 1. The van der Waals surface area contributed by atoms with Crippen molar-refractivity contribution < 1.29 is 23.3 Å². The summed E-state index contributed by atoms with van der Waals surface area (Å²) in [6.07, 6.45) is 2.08. The number of amides is 1. The van der Waals surface area contributed by atoms with Gasteiger partial charge < -0.3 is 19.0 Å². The van der Waals surface area contributed by atoms with Gasteiger partial charge in [0.25, 0.3) is 0 Å². The molecule has 0 atom stereocenters. The first-order chi connectivity index (χ1) is 12.7. The van der Waals surface area contributed by atoms with E-state index >= 15 is 0 Å². The summed E-state index contributed by atoms with van der Waals surface area (Å²) in [7, 11) is 1.33. The van der Waals surface area contributed by atoms with Crippen molar-refractivity contribution >= 4 is 11.9 Å². The summed E-state index contributed by atoms with van der Waals surface area (Å²) in [5, 5.41) is 6.61. The van der Waals surface area contributed by atoms with Crippen LogP contribution in [0.5, 0.6) is 0 Å². The third kappa shape index (κ3) is 4.35. The summed E-state index contributed by atoms with van der Waals surface area (Å²) in [5.41, 5.74) is 1.34. The molecule has 2 aromatic heterocycles. The fourth-order valence-corrected chi connectivity index (χ4v) is 2.25. The van der Waals surface area contributed by atoms with Crippen LogP contribution in [-0.2, 0) is 22.5 Å². The first kappa shape index (κ1) is 17.4. The summed E-state index contributed by atoms with van der Waals surface area (Å²) in [4.78, 5) is 27.5. The molecule has 0 aliphatic heterocycles. The average Bonchev–Trinajstić information content (AvgIpc) is 3.36. The molecule has 0 spiro atoms. The number of nitrogens with zero attached hydrogens (tertiary/aromatic N) is 2. The van der Waals surface area contributed by atoms with Crippen LogP contribution in [0, 0.1) is 0 Å². The minimum absolute atomic E-state index is 0.139. The van der Waals surface area contributed by atoms with Crippen molar-refractivity contribution in [2.75, 3.05) is 7.11 Å². The van der Waals surface area contributed by atoms with E-state index in [0.29, 0.717) is 36.0 Å². The topological polar surface area (TPSA) is 107 Å². The van der Waals surface area contributed by atoms with Crippen molar-refractivity contribution in [3.05, 3.63) is 59.7 Å². The van der Waals surface area contributed by atoms with Gasteiger partial charge in [-0.15, -0.1) is 0 Å². The number of carbonyl (C=O) groups excluding carboxylic acids is 2. The van der Waals surface area contributed by atoms with Crippen LogP contribution in [0.1, 0.15) is 28.2 Å². The molecular formula is C18H17N3O5. The smallest absolute Gasteiger partial charge is 0.337 e. The number of methoxy groups -OCH3 is 1. The molecule has 0 unspecified atom stereocenters. The Labute approximate surface area is 149 Å². The highest BCUT2D eigenvalue weighted by atomic mass is 16.5. The minimum atomic E-state index is -0.394. The Morgan fingerprint density at radius 2 is 2.00 bits per heavy atom. The number of carbonyl (C=O) groups is 2. The molecule has 1 aromatic carbocycles. The Kier molecular flexibility index (Phi) is 5.43. The lowest BCUT2D eigenvalue weighted by molar-refractivity contribution is -0.121. The normalized spacial score (nSPS) is 10.5. The summed E-state index contributed by atoms with van der Waals surface area (Å²) >= 11 is 0. The Bertz CT molecular complexity index is 869. The van der Waals surface area contributed by atoms with Gasteiger partial charge in [-0.1, -0.05) is 17.3 Å². The molecule has 0 saturated heterocycles. The van der Waals surface area contributed by atoms with Gasteiger partial charge >= 0.3 is 5.97 Å². The standard InChI is InChI=1S/C18H17N3O5/c1-24-18(23)13-6-4-12(5-7-13)11-19-15(22)8-9-16-20-17(21-26-16)14-3-2-10-25-14/h2-7,10H,8-9,11H2,1H3,(H,19,22). The van der Waals surface area contributed by atoms with E-state index in [-0.39, 0.29) is 12.3 Å². The summed E-state index contributed by atoms with van der Waals surface area (Å²) in [5.74, 6) is 0.707. The summed E-state index contributed by atoms with van der Waals surface area (Å²) in [6.45, 7) is 0.363. The number of hydrogen-bond donors (Lipinski definition) is 1. The number of esters is 1. The highest BCUT2D eigenvalue weighted by Crippen LogP contribution is 2.16. The van der Waals surface area contributed by atoms with Crippen LogP contribution in [0.4, 0.5) is 0 Å². The molecule has 8 nitrogen and oxygen atoms in total. The molecule has 3 aromatic rings. The quantitative estimate of drug-likeness (QED) is 0.648. The zero-order valence-corrected chi connectivity index (χ0v) is 14.1. The Hall–Kier alpha value is -3.42. The highest BCUT2D eigenvalue weighted by molar-refractivity contribution is 5.89. The lowest BCUT2D eigenvalue weighted by Crippen LogP contribution is -2.23. The molecular weight excluding hydrogens is 338 g/mol. The van der Waals surface area contributed by atoms with E-state index in [4.69, 9.17) is 8.94 Å². The molecule has 3 rings (SSSR count). The first-order valence-electron chi connectivity index (χ1n) is 7.96. The van der Waals surface area contributed by atoms with Gasteiger partial charge in [-0.25, -0.2) is 4.79 Å². The number of aromatic nitrogens is 2. The van der Waals surface area contributed by atoms with Gasteiger partial charge in [-0.3, -0.25) is 4.79 Å². The van der Waals surface area contributed by atoms with Crippen molar-refractivity contribution in [3.63, 3.8) is 0 Å². The monoisotopic (exact) mass is 355 g/mol. The van der Waals surface area contributed by atoms with Crippen molar-refractivity contribution in [2.45, 2.75) is 19.4 Å². The lowest BCUT2D eigenvalue weighted by atomic mass is 10.1. The van der Waals surface area contributed by atoms with Gasteiger partial charge in [0.05, 0.1) is 18.9 Å². The van der Waals surface area contributed by atoms with E-state index in [9.17, 15) is 9.59 Å². The van der Waals surface area contributed by atoms with Gasteiger partial charge in [0.2, 0.25) is 17.6 Å². The second kappa shape index (κ2) is 8.11. The van der Waals surface area contributed by atoms with Crippen LogP contribution in [0.25, 0.3) is 11.6 Å². The van der Waals surface area contributed by atoms with Crippen LogP contribution in [0.2, 0.25) is 0 Å². The first-order valence-corrected chi connectivity index (χ1v) is 7.96. The van der Waals surface area contributed by atoms with E-state index in [1.165, 1.54) is 13.4 Å². The van der Waals surface area contributed by atoms with E-state index in [0.717, 1.165) is 5.56 Å². The second-order valence-electron chi connectivity index (χ2n) is 5.45. The molecule has 0 radical (unpaired) electrons. The van der Waals surface area contributed by atoms with Crippen LogP contribution < -0.4 is 5.32 Å². The number of furan rings is 1. The molecule has 0 aliphatic rings. The van der Waals surface area contributed by atoms with Gasteiger partial charge in [-0.05, 0) is 29.8 Å². The van der Waals surface area contributed by atoms with E-state index < -0.39 is 5.97 Å². The molecule has 1 amide bonds. The molecule has 134 valence electrons. The summed E-state index contributed by atoms with van der Waals surface area (Å²) in [6, 6.07) is 10.3. The van der Waals surface area contributed by atoms with Gasteiger partial charge in [0.15, 0.2) is 5.76 Å². The fourth-order valence-electron chi connectivity index (χ4n) is 2.25. The van der Waals surface area contributed by atoms with E-state index in [2.05, 4.69) is 20.2 Å². The predicted molar refractivity (Wildman–Crippen MR) is 89.9 cm³/mol. The lowest BCUT2D eigenvalue weighted by Gasteiger charge is -2.05. The van der Waals surface area contributed by atoms with Gasteiger partial charge in [-0.2, -0.15) is 4.98 Å². The van der Waals surface area contributed by atoms with Crippen LogP contribution in [0.3, 0.4) is 0 Å². The molecule has 2 heterocycles. The molecule has 0 fully saturated rings. The van der Waals surface area contributed by atoms with E-state index in [1.54, 1.807) is 36.4 Å². The van der Waals surface area contributed by atoms with Crippen molar-refractivity contribution in [1.82, 2.24) is 15.5 Å². The fraction of sp³-hybridized carbons (Fsp3) is 0.222. The Morgan fingerprint density at radius 1 is 1.19 bits per heavy atom. The number of aryl methyl sites for hydroxylation is 1. The Morgan fingerprint density at radius 3 is 2.69 bits per heavy atom. The minimum Gasteiger partial charge on any atom is -0.465 e. The van der Waals surface area contributed by atoms with Gasteiger partial charge in [0, 0.05) is 19.4 Å². The Balaban J connectivity index is 1.45. The van der Waals surface area contributed by atoms with Crippen molar-refractivity contribution in [1.29, 1.82) is 0 Å². The maximum Gasteiger partial charge on any atom is 0.337 e. The largest absolute Gasteiger partial charge is 0.465 e. The zero-order chi connectivity index (χ0) is 18.4. The third-order valence-corrected chi connectivity index (χ3v) is 3.64. The van der Waals surface area contributed by atoms with Crippen LogP contribution in [-0.4, -0.2) is 29.1 Å². The number of hydrogen-bond acceptors (Lipinski definition) is 7.